The molecule has 0 N–H and O–H groups in total. The molecule has 29 heavy (non-hydrogen) atoms. The molecule has 3 aliphatic heterocycles. The number of hydrogen-bond donors (Lipinski definition) is 0. The van der Waals surface area contributed by atoms with Gasteiger partial charge in [-0.1, -0.05) is 51.1 Å². The minimum atomic E-state index is 0.0531. The second-order valence-corrected chi connectivity index (χ2v) is 8.66. The van der Waals surface area contributed by atoms with E-state index in [1.807, 2.05) is 24.3 Å². The van der Waals surface area contributed by atoms with Crippen LogP contribution in [0.3, 0.4) is 0 Å². The fourth-order valence-corrected chi connectivity index (χ4v) is 4.13. The lowest BCUT2D eigenvalue weighted by atomic mass is 9.85. The number of fused-ring (bicyclic) bond motifs is 6. The summed E-state index contributed by atoms with van der Waals surface area (Å²) in [6, 6.07) is 22.9. The number of rotatable bonds is 0. The number of nitrogens with zero attached hydrogens (tertiary/aromatic N) is 4. The molecule has 3 aromatic rings. The first-order valence-electron chi connectivity index (χ1n) is 9.91. The molecule has 3 heterocycles. The van der Waals surface area contributed by atoms with E-state index in [0.717, 1.165) is 51.3 Å². The van der Waals surface area contributed by atoms with Crippen LogP contribution in [0.4, 0.5) is 17.1 Å². The highest BCUT2D eigenvalue weighted by molar-refractivity contribution is 6.36. The van der Waals surface area contributed by atoms with Crippen LogP contribution in [0.5, 0.6) is 0 Å². The number of para-hydroxylation sites is 2. The van der Waals surface area contributed by atoms with Crippen LogP contribution in [-0.2, 0) is 5.41 Å². The normalized spacial score (nSPS) is 16.0. The molecule has 0 atom stereocenters. The second-order valence-electron chi connectivity index (χ2n) is 8.66. The van der Waals surface area contributed by atoms with Gasteiger partial charge in [-0.2, -0.15) is 0 Å². The molecule has 0 saturated carbocycles. The van der Waals surface area contributed by atoms with Crippen molar-refractivity contribution in [2.24, 2.45) is 15.0 Å². The maximum Gasteiger partial charge on any atom is 0.150 e. The maximum absolute atomic E-state index is 5.07. The monoisotopic (exact) mass is 376 g/mol. The van der Waals surface area contributed by atoms with Crippen molar-refractivity contribution in [2.45, 2.75) is 26.2 Å². The van der Waals surface area contributed by atoms with Crippen molar-refractivity contribution >= 4 is 34.6 Å². The van der Waals surface area contributed by atoms with Crippen molar-refractivity contribution in [3.05, 3.63) is 89.0 Å². The summed E-state index contributed by atoms with van der Waals surface area (Å²) in [5.41, 5.74) is 7.31. The van der Waals surface area contributed by atoms with Gasteiger partial charge < -0.3 is 0 Å². The molecule has 140 valence electrons. The van der Waals surface area contributed by atoms with Gasteiger partial charge in [-0.05, 0) is 47.4 Å². The fraction of sp³-hybridized carbons (Fsp3) is 0.160. The molecule has 4 nitrogen and oxygen atoms in total. The van der Waals surface area contributed by atoms with E-state index in [1.54, 1.807) is 0 Å². The van der Waals surface area contributed by atoms with E-state index in [1.165, 1.54) is 5.56 Å². The van der Waals surface area contributed by atoms with E-state index in [4.69, 9.17) is 15.0 Å². The highest BCUT2D eigenvalue weighted by Crippen LogP contribution is 2.41. The molecule has 0 aliphatic carbocycles. The SMILES string of the molecule is CC(C)(C)c1ccc2c(c1)C1=Nc3ccccc3C3=Nc4ccccc4C(=N2)N31. The largest absolute Gasteiger partial charge is 0.261 e. The molecule has 0 fully saturated rings. The molecule has 0 bridgehead atoms. The molecule has 3 aliphatic rings. The first-order chi connectivity index (χ1) is 14.0. The molecule has 0 amide bonds. The van der Waals surface area contributed by atoms with E-state index in [9.17, 15) is 0 Å². The molecule has 0 unspecified atom stereocenters. The van der Waals surface area contributed by atoms with E-state index < -0.39 is 0 Å². The summed E-state index contributed by atoms with van der Waals surface area (Å²) in [6.45, 7) is 6.69. The third-order valence-electron chi connectivity index (χ3n) is 5.71. The smallest absolute Gasteiger partial charge is 0.150 e. The predicted molar refractivity (Wildman–Crippen MR) is 118 cm³/mol. The standard InChI is InChI=1S/C25H20N4/c1-25(2,3)15-12-13-21-18(14-15)24-27-20-11-7-5-9-17(20)22-26-19-10-6-4-8-16(19)23(28-21)29(22)24/h4-14H,1-3H3. The van der Waals surface area contributed by atoms with Crippen LogP contribution in [-0.4, -0.2) is 22.4 Å². The Hall–Kier alpha value is -3.53. The van der Waals surface area contributed by atoms with Crippen molar-refractivity contribution in [3.63, 3.8) is 0 Å². The fourth-order valence-electron chi connectivity index (χ4n) is 4.13. The zero-order valence-electron chi connectivity index (χ0n) is 16.6. The first kappa shape index (κ1) is 16.4. The van der Waals surface area contributed by atoms with Gasteiger partial charge in [-0.3, -0.25) is 4.90 Å². The number of amidine groups is 3. The summed E-state index contributed by atoms with van der Waals surface area (Å²) in [6.07, 6.45) is 0. The maximum atomic E-state index is 5.07. The number of hydrogen-bond acceptors (Lipinski definition) is 4. The molecule has 3 aromatic carbocycles. The van der Waals surface area contributed by atoms with Crippen molar-refractivity contribution in [1.29, 1.82) is 0 Å². The third-order valence-corrected chi connectivity index (χ3v) is 5.71. The minimum absolute atomic E-state index is 0.0531. The topological polar surface area (TPSA) is 40.3 Å². The van der Waals surface area contributed by atoms with Crippen LogP contribution < -0.4 is 0 Å². The number of aliphatic imine (C=N–C) groups is 3. The Balaban J connectivity index is 1.71. The number of benzene rings is 3. The van der Waals surface area contributed by atoms with Gasteiger partial charge in [0.15, 0.2) is 0 Å². The van der Waals surface area contributed by atoms with Gasteiger partial charge in [0.2, 0.25) is 0 Å². The summed E-state index contributed by atoms with van der Waals surface area (Å²) >= 11 is 0. The van der Waals surface area contributed by atoms with Gasteiger partial charge >= 0.3 is 0 Å². The van der Waals surface area contributed by atoms with Crippen LogP contribution >= 0.6 is 0 Å². The van der Waals surface area contributed by atoms with Crippen LogP contribution in [0, 0.1) is 0 Å². The molecule has 0 spiro atoms. The van der Waals surface area contributed by atoms with Gasteiger partial charge in [0.05, 0.1) is 17.1 Å². The highest BCUT2D eigenvalue weighted by atomic mass is 15.3. The van der Waals surface area contributed by atoms with Crippen molar-refractivity contribution in [1.82, 2.24) is 4.90 Å². The zero-order valence-corrected chi connectivity index (χ0v) is 16.6. The summed E-state index contributed by atoms with van der Waals surface area (Å²) < 4.78 is 0. The second kappa shape index (κ2) is 5.51. The quantitative estimate of drug-likeness (QED) is 0.484. The molecule has 4 heteroatoms. The van der Waals surface area contributed by atoms with E-state index in [-0.39, 0.29) is 5.41 Å². The molecule has 0 aromatic heterocycles. The van der Waals surface area contributed by atoms with Gasteiger partial charge in [-0.25, -0.2) is 15.0 Å². The first-order valence-corrected chi connectivity index (χ1v) is 9.91. The Bertz CT molecular complexity index is 1280. The van der Waals surface area contributed by atoms with E-state index in [2.05, 4.69) is 68.1 Å². The third kappa shape index (κ3) is 2.29. The van der Waals surface area contributed by atoms with Crippen molar-refractivity contribution in [2.75, 3.05) is 0 Å². The van der Waals surface area contributed by atoms with Crippen LogP contribution in [0.1, 0.15) is 43.0 Å². The Kier molecular flexibility index (Phi) is 3.12. The lowest BCUT2D eigenvalue weighted by molar-refractivity contribution is 0.590. The van der Waals surface area contributed by atoms with Gasteiger partial charge in [0.1, 0.15) is 17.5 Å². The highest BCUT2D eigenvalue weighted by Gasteiger charge is 2.39. The Morgan fingerprint density at radius 3 is 1.62 bits per heavy atom. The minimum Gasteiger partial charge on any atom is -0.261 e. The Labute approximate surface area is 170 Å². The molecule has 0 saturated heterocycles. The van der Waals surface area contributed by atoms with Crippen molar-refractivity contribution in [3.8, 4) is 0 Å². The summed E-state index contributed by atoms with van der Waals surface area (Å²) in [7, 11) is 0. The summed E-state index contributed by atoms with van der Waals surface area (Å²) in [4.78, 5) is 17.3. The zero-order chi connectivity index (χ0) is 19.8. The van der Waals surface area contributed by atoms with Crippen molar-refractivity contribution < 1.29 is 0 Å². The van der Waals surface area contributed by atoms with E-state index in [0.29, 0.717) is 0 Å². The lowest BCUT2D eigenvalue weighted by Crippen LogP contribution is -2.48. The average Bonchev–Trinajstić information content (AvgIpc) is 2.73. The Morgan fingerprint density at radius 1 is 0.586 bits per heavy atom. The summed E-state index contributed by atoms with van der Waals surface area (Å²) in [5, 5.41) is 0. The lowest BCUT2D eigenvalue weighted by Gasteiger charge is -2.38. The molecule has 0 radical (unpaired) electrons. The van der Waals surface area contributed by atoms with Gasteiger partial charge in [-0.15, -0.1) is 0 Å². The van der Waals surface area contributed by atoms with Crippen LogP contribution in [0.25, 0.3) is 0 Å². The summed E-state index contributed by atoms with van der Waals surface area (Å²) in [5.74, 6) is 2.70. The molecular weight excluding hydrogens is 356 g/mol. The van der Waals surface area contributed by atoms with Crippen LogP contribution in [0.15, 0.2) is 81.7 Å². The van der Waals surface area contributed by atoms with Gasteiger partial charge in [0, 0.05) is 16.7 Å². The van der Waals surface area contributed by atoms with E-state index >= 15 is 0 Å². The molecular formula is C25H20N4. The molecule has 6 rings (SSSR count). The van der Waals surface area contributed by atoms with Crippen LogP contribution in [0.2, 0.25) is 0 Å². The Morgan fingerprint density at radius 2 is 1.07 bits per heavy atom. The predicted octanol–water partition coefficient (Wildman–Crippen LogP) is 5.86. The average molecular weight is 376 g/mol. The van der Waals surface area contributed by atoms with Gasteiger partial charge in [0.25, 0.3) is 0 Å².